The van der Waals surface area contributed by atoms with Crippen molar-refractivity contribution in [3.05, 3.63) is 93.2 Å². The highest BCUT2D eigenvalue weighted by Crippen LogP contribution is 2.60. The largest absolute Gasteiger partial charge is 0.460 e. The van der Waals surface area contributed by atoms with Gasteiger partial charge in [0.2, 0.25) is 11.8 Å². The third kappa shape index (κ3) is 2.58. The van der Waals surface area contributed by atoms with Gasteiger partial charge < -0.3 is 4.74 Å². The van der Waals surface area contributed by atoms with E-state index >= 15 is 0 Å². The van der Waals surface area contributed by atoms with Crippen LogP contribution in [-0.4, -0.2) is 35.8 Å². The number of hydrogen-bond donors (Lipinski definition) is 0. The Balaban J connectivity index is 1.31. The van der Waals surface area contributed by atoms with Gasteiger partial charge in [0, 0.05) is 11.8 Å². The maximum atomic E-state index is 13.4. The SMILES string of the molecule is O=C(OCCN1C(=O)C2C3c4ccccc4C(c4ccccc43)C2C1=O)c1cccs1. The summed E-state index contributed by atoms with van der Waals surface area (Å²) in [6.45, 7) is 0.0940. The molecule has 2 atom stereocenters. The molecule has 4 aliphatic rings. The second-order valence-corrected chi connectivity index (χ2v) is 9.15. The second-order valence-electron chi connectivity index (χ2n) is 8.21. The number of ether oxygens (including phenoxy) is 1. The zero-order valence-electron chi connectivity index (χ0n) is 16.6. The van der Waals surface area contributed by atoms with Crippen LogP contribution in [0.1, 0.15) is 43.8 Å². The number of imide groups is 1. The van der Waals surface area contributed by atoms with Crippen LogP contribution >= 0.6 is 11.3 Å². The monoisotopic (exact) mass is 429 g/mol. The van der Waals surface area contributed by atoms with Crippen LogP contribution < -0.4 is 0 Å². The van der Waals surface area contributed by atoms with E-state index in [0.29, 0.717) is 4.88 Å². The van der Waals surface area contributed by atoms with Crippen molar-refractivity contribution in [2.75, 3.05) is 13.2 Å². The number of carbonyl (C=O) groups excluding carboxylic acids is 3. The Labute approximate surface area is 183 Å². The number of hydrogen-bond acceptors (Lipinski definition) is 5. The molecule has 0 saturated carbocycles. The van der Waals surface area contributed by atoms with E-state index in [9.17, 15) is 14.4 Å². The average molecular weight is 429 g/mol. The van der Waals surface area contributed by atoms with Crippen LogP contribution in [-0.2, 0) is 14.3 Å². The van der Waals surface area contributed by atoms with Gasteiger partial charge in [-0.15, -0.1) is 11.3 Å². The number of esters is 1. The molecule has 0 N–H and O–H groups in total. The minimum absolute atomic E-state index is 0.00286. The summed E-state index contributed by atoms with van der Waals surface area (Å²) in [5.41, 5.74) is 4.61. The van der Waals surface area contributed by atoms with Gasteiger partial charge in [-0.1, -0.05) is 54.6 Å². The highest BCUT2D eigenvalue weighted by molar-refractivity contribution is 7.11. The van der Waals surface area contributed by atoms with Crippen molar-refractivity contribution in [2.45, 2.75) is 11.8 Å². The van der Waals surface area contributed by atoms with Crippen molar-refractivity contribution in [3.8, 4) is 0 Å². The lowest BCUT2D eigenvalue weighted by molar-refractivity contribution is -0.140. The fourth-order valence-corrected chi connectivity index (χ4v) is 6.27. The third-order valence-corrected chi connectivity index (χ3v) is 7.66. The van der Waals surface area contributed by atoms with Gasteiger partial charge in [-0.05, 0) is 33.7 Å². The number of benzene rings is 2. The van der Waals surface area contributed by atoms with Crippen LogP contribution in [0.2, 0.25) is 0 Å². The van der Waals surface area contributed by atoms with Gasteiger partial charge in [0.25, 0.3) is 0 Å². The Morgan fingerprint density at radius 3 is 1.77 bits per heavy atom. The molecule has 1 aromatic heterocycles. The molecular weight excluding hydrogens is 410 g/mol. The van der Waals surface area contributed by atoms with Gasteiger partial charge in [-0.25, -0.2) is 4.79 Å². The van der Waals surface area contributed by atoms with Gasteiger partial charge in [0.1, 0.15) is 11.5 Å². The molecule has 31 heavy (non-hydrogen) atoms. The number of amides is 2. The van der Waals surface area contributed by atoms with Crippen LogP contribution in [0.3, 0.4) is 0 Å². The summed E-state index contributed by atoms with van der Waals surface area (Å²) in [7, 11) is 0. The van der Waals surface area contributed by atoms with E-state index < -0.39 is 17.8 Å². The summed E-state index contributed by atoms with van der Waals surface area (Å²) in [6.07, 6.45) is 0. The lowest BCUT2D eigenvalue weighted by Gasteiger charge is -2.45. The molecular formula is C25H19NO4S. The summed E-state index contributed by atoms with van der Waals surface area (Å²) in [5, 5.41) is 1.81. The Morgan fingerprint density at radius 2 is 1.32 bits per heavy atom. The van der Waals surface area contributed by atoms with E-state index in [4.69, 9.17) is 4.74 Å². The van der Waals surface area contributed by atoms with E-state index in [1.54, 1.807) is 17.5 Å². The summed E-state index contributed by atoms with van der Waals surface area (Å²) < 4.78 is 5.32. The molecule has 2 unspecified atom stereocenters. The Hall–Kier alpha value is -3.25. The first kappa shape index (κ1) is 18.5. The molecule has 0 radical (unpaired) electrons. The smallest absolute Gasteiger partial charge is 0.348 e. The van der Waals surface area contributed by atoms with E-state index in [-0.39, 0.29) is 36.8 Å². The van der Waals surface area contributed by atoms with Crippen LogP contribution in [0.25, 0.3) is 0 Å². The first-order valence-electron chi connectivity index (χ1n) is 10.4. The van der Waals surface area contributed by atoms with Gasteiger partial charge in [-0.3, -0.25) is 14.5 Å². The number of thiophene rings is 1. The fourth-order valence-electron chi connectivity index (χ4n) is 5.65. The maximum Gasteiger partial charge on any atom is 0.348 e. The topological polar surface area (TPSA) is 63.7 Å². The van der Waals surface area contributed by atoms with Gasteiger partial charge in [0.05, 0.1) is 18.4 Å². The Bertz CT molecular complexity index is 1100. The maximum absolute atomic E-state index is 13.4. The van der Waals surface area contributed by atoms with Crippen molar-refractivity contribution in [1.29, 1.82) is 0 Å². The van der Waals surface area contributed by atoms with Crippen molar-refractivity contribution in [2.24, 2.45) is 11.8 Å². The van der Waals surface area contributed by atoms with Crippen LogP contribution in [0.4, 0.5) is 0 Å². The molecule has 1 saturated heterocycles. The number of rotatable bonds is 4. The van der Waals surface area contributed by atoms with Crippen molar-refractivity contribution >= 4 is 29.1 Å². The van der Waals surface area contributed by atoms with Gasteiger partial charge >= 0.3 is 5.97 Å². The summed E-state index contributed by atoms with van der Waals surface area (Å²) in [6, 6.07) is 19.8. The molecule has 2 bridgehead atoms. The number of nitrogens with zero attached hydrogens (tertiary/aromatic N) is 1. The molecule has 3 aromatic rings. The first-order chi connectivity index (χ1) is 15.2. The van der Waals surface area contributed by atoms with E-state index in [1.807, 2.05) is 24.3 Å². The zero-order valence-corrected chi connectivity index (χ0v) is 17.4. The molecule has 2 aromatic carbocycles. The van der Waals surface area contributed by atoms with Crippen molar-refractivity contribution in [3.63, 3.8) is 0 Å². The van der Waals surface area contributed by atoms with E-state index in [1.165, 1.54) is 16.2 Å². The molecule has 1 fully saturated rings. The Morgan fingerprint density at radius 1 is 0.806 bits per heavy atom. The Kier molecular flexibility index (Phi) is 4.11. The summed E-state index contributed by atoms with van der Waals surface area (Å²) in [5.74, 6) is -1.74. The minimum Gasteiger partial charge on any atom is -0.460 e. The minimum atomic E-state index is -0.425. The normalized spacial score (nSPS) is 25.2. The van der Waals surface area contributed by atoms with Gasteiger partial charge in [-0.2, -0.15) is 0 Å². The number of likely N-dealkylation sites (tertiary alicyclic amines) is 1. The summed E-state index contributed by atoms with van der Waals surface area (Å²) >= 11 is 1.30. The van der Waals surface area contributed by atoms with Crippen molar-refractivity contribution in [1.82, 2.24) is 4.90 Å². The molecule has 2 amide bonds. The molecule has 5 nitrogen and oxygen atoms in total. The molecule has 154 valence electrons. The molecule has 7 rings (SSSR count). The molecule has 2 heterocycles. The predicted molar refractivity (Wildman–Crippen MR) is 115 cm³/mol. The molecule has 6 heteroatoms. The standard InChI is InChI=1S/C25H19NO4S/c27-23-21-19-14-6-1-2-7-15(14)20(17-9-4-3-8-16(17)19)22(21)24(28)26(23)11-12-30-25(29)18-10-5-13-31-18/h1-10,13,19-22H,11-12H2. The molecule has 1 aliphatic heterocycles. The van der Waals surface area contributed by atoms with Crippen molar-refractivity contribution < 1.29 is 19.1 Å². The third-order valence-electron chi connectivity index (χ3n) is 6.81. The molecule has 0 spiro atoms. The quantitative estimate of drug-likeness (QED) is 0.468. The predicted octanol–water partition coefficient (Wildman–Crippen LogP) is 3.80. The fraction of sp³-hybridized carbons (Fsp3) is 0.240. The highest BCUT2D eigenvalue weighted by atomic mass is 32.1. The first-order valence-corrected chi connectivity index (χ1v) is 11.3. The number of carbonyl (C=O) groups is 3. The second kappa shape index (κ2) is 6.89. The lowest BCUT2D eigenvalue weighted by Crippen LogP contribution is -2.41. The molecule has 3 aliphatic carbocycles. The van der Waals surface area contributed by atoms with Crippen LogP contribution in [0, 0.1) is 11.8 Å². The highest BCUT2D eigenvalue weighted by Gasteiger charge is 2.61. The lowest BCUT2D eigenvalue weighted by atomic mass is 9.55. The van der Waals surface area contributed by atoms with E-state index in [2.05, 4.69) is 24.3 Å². The van der Waals surface area contributed by atoms with E-state index in [0.717, 1.165) is 22.3 Å². The average Bonchev–Trinajstić information content (AvgIpc) is 3.43. The summed E-state index contributed by atoms with van der Waals surface area (Å²) in [4.78, 5) is 40.8. The van der Waals surface area contributed by atoms with Crippen LogP contribution in [0.5, 0.6) is 0 Å². The van der Waals surface area contributed by atoms with Crippen LogP contribution in [0.15, 0.2) is 66.0 Å². The van der Waals surface area contributed by atoms with Gasteiger partial charge in [0.15, 0.2) is 0 Å². The zero-order chi connectivity index (χ0) is 21.1.